The molecule has 2 amide bonds. The van der Waals surface area contributed by atoms with Crippen molar-refractivity contribution in [3.63, 3.8) is 0 Å². The standard InChI is InChI=1S/C18H17FN4O2/c19-15-3-1-2-12(6-15)8-22-9-14-10-23(11-16(14)18(22)25)17(24)13-4-5-20-21-7-13/h1-7,14,16H,8-11H2/t14-,16+/m1/s1. The zero-order chi connectivity index (χ0) is 17.4. The topological polar surface area (TPSA) is 66.4 Å². The number of carbonyl (C=O) groups is 2. The van der Waals surface area contributed by atoms with E-state index in [9.17, 15) is 14.0 Å². The molecule has 0 unspecified atom stereocenters. The first-order chi connectivity index (χ1) is 12.1. The minimum absolute atomic E-state index is 0.0393. The van der Waals surface area contributed by atoms with Gasteiger partial charge in [0.15, 0.2) is 0 Å². The Morgan fingerprint density at radius 3 is 2.80 bits per heavy atom. The van der Waals surface area contributed by atoms with Crippen LogP contribution in [0.5, 0.6) is 0 Å². The lowest BCUT2D eigenvalue weighted by Crippen LogP contribution is -2.35. The van der Waals surface area contributed by atoms with Gasteiger partial charge >= 0.3 is 0 Å². The van der Waals surface area contributed by atoms with E-state index in [1.165, 1.54) is 24.5 Å². The number of benzene rings is 1. The molecule has 3 heterocycles. The molecule has 0 N–H and O–H groups in total. The van der Waals surface area contributed by atoms with Crippen molar-refractivity contribution in [2.24, 2.45) is 11.8 Å². The molecule has 2 saturated heterocycles. The van der Waals surface area contributed by atoms with E-state index in [1.807, 2.05) is 6.07 Å². The highest BCUT2D eigenvalue weighted by atomic mass is 19.1. The van der Waals surface area contributed by atoms with E-state index in [2.05, 4.69) is 10.2 Å². The van der Waals surface area contributed by atoms with E-state index in [1.54, 1.807) is 21.9 Å². The molecule has 2 atom stereocenters. The van der Waals surface area contributed by atoms with Crippen molar-refractivity contribution in [1.29, 1.82) is 0 Å². The Morgan fingerprint density at radius 1 is 1.20 bits per heavy atom. The van der Waals surface area contributed by atoms with Crippen LogP contribution in [-0.2, 0) is 11.3 Å². The van der Waals surface area contributed by atoms with Crippen LogP contribution in [0.3, 0.4) is 0 Å². The van der Waals surface area contributed by atoms with Crippen molar-refractivity contribution in [3.8, 4) is 0 Å². The summed E-state index contributed by atoms with van der Waals surface area (Å²) in [4.78, 5) is 28.6. The first-order valence-corrected chi connectivity index (χ1v) is 8.21. The molecule has 128 valence electrons. The van der Waals surface area contributed by atoms with E-state index in [4.69, 9.17) is 0 Å². The fourth-order valence-corrected chi connectivity index (χ4v) is 3.71. The predicted octanol–water partition coefficient (Wildman–Crippen LogP) is 1.35. The van der Waals surface area contributed by atoms with Crippen molar-refractivity contribution in [2.45, 2.75) is 6.54 Å². The Labute approximate surface area is 144 Å². The van der Waals surface area contributed by atoms with Crippen LogP contribution in [0.4, 0.5) is 4.39 Å². The highest BCUT2D eigenvalue weighted by Gasteiger charge is 2.47. The van der Waals surface area contributed by atoms with E-state index < -0.39 is 0 Å². The normalized spacial score (nSPS) is 22.4. The van der Waals surface area contributed by atoms with Crippen molar-refractivity contribution < 1.29 is 14.0 Å². The Hall–Kier alpha value is -2.83. The van der Waals surface area contributed by atoms with E-state index >= 15 is 0 Å². The van der Waals surface area contributed by atoms with Gasteiger partial charge in [-0.25, -0.2) is 4.39 Å². The van der Waals surface area contributed by atoms with Crippen LogP contribution in [0.25, 0.3) is 0 Å². The number of amides is 2. The second kappa shape index (κ2) is 6.23. The third-order valence-corrected chi connectivity index (χ3v) is 4.91. The Morgan fingerprint density at radius 2 is 2.08 bits per heavy atom. The lowest BCUT2D eigenvalue weighted by Gasteiger charge is -2.22. The number of fused-ring (bicyclic) bond motifs is 1. The monoisotopic (exact) mass is 340 g/mol. The van der Waals surface area contributed by atoms with Crippen molar-refractivity contribution in [3.05, 3.63) is 59.7 Å². The maximum atomic E-state index is 13.3. The molecular formula is C18H17FN4O2. The molecule has 2 aliphatic rings. The van der Waals surface area contributed by atoms with E-state index in [0.29, 0.717) is 31.7 Å². The zero-order valence-electron chi connectivity index (χ0n) is 13.5. The van der Waals surface area contributed by atoms with Crippen LogP contribution >= 0.6 is 0 Å². The van der Waals surface area contributed by atoms with Gasteiger partial charge in [0, 0.05) is 32.1 Å². The number of rotatable bonds is 3. The maximum Gasteiger partial charge on any atom is 0.255 e. The van der Waals surface area contributed by atoms with Gasteiger partial charge in [-0.2, -0.15) is 10.2 Å². The molecule has 2 aromatic rings. The van der Waals surface area contributed by atoms with Gasteiger partial charge in [0.1, 0.15) is 5.82 Å². The van der Waals surface area contributed by atoms with E-state index in [0.717, 1.165) is 5.56 Å². The summed E-state index contributed by atoms with van der Waals surface area (Å²) in [7, 11) is 0. The van der Waals surface area contributed by atoms with Crippen LogP contribution < -0.4 is 0 Å². The quantitative estimate of drug-likeness (QED) is 0.846. The van der Waals surface area contributed by atoms with Crippen LogP contribution in [-0.4, -0.2) is 51.4 Å². The average molecular weight is 340 g/mol. The highest BCUT2D eigenvalue weighted by molar-refractivity contribution is 5.95. The molecule has 25 heavy (non-hydrogen) atoms. The molecule has 2 fully saturated rings. The number of hydrogen-bond donors (Lipinski definition) is 0. The molecule has 0 spiro atoms. The molecule has 7 heteroatoms. The summed E-state index contributed by atoms with van der Waals surface area (Å²) in [5, 5.41) is 7.40. The average Bonchev–Trinajstić information content (AvgIpc) is 3.15. The second-order valence-corrected chi connectivity index (χ2v) is 6.56. The number of carbonyl (C=O) groups excluding carboxylic acids is 2. The highest BCUT2D eigenvalue weighted by Crippen LogP contribution is 2.33. The maximum absolute atomic E-state index is 13.3. The third kappa shape index (κ3) is 2.97. The molecular weight excluding hydrogens is 323 g/mol. The summed E-state index contributed by atoms with van der Waals surface area (Å²) < 4.78 is 13.3. The van der Waals surface area contributed by atoms with Crippen LogP contribution in [0.1, 0.15) is 15.9 Å². The minimum atomic E-state index is -0.299. The first-order valence-electron chi connectivity index (χ1n) is 8.21. The lowest BCUT2D eigenvalue weighted by molar-refractivity contribution is -0.131. The predicted molar refractivity (Wildman–Crippen MR) is 86.7 cm³/mol. The summed E-state index contributed by atoms with van der Waals surface area (Å²) in [6, 6.07) is 7.93. The van der Waals surface area contributed by atoms with Gasteiger partial charge in [0.05, 0.1) is 23.9 Å². The molecule has 1 aromatic carbocycles. The summed E-state index contributed by atoms with van der Waals surface area (Å²) in [5.41, 5.74) is 1.27. The molecule has 0 bridgehead atoms. The molecule has 2 aliphatic heterocycles. The fraction of sp³-hybridized carbons (Fsp3) is 0.333. The largest absolute Gasteiger partial charge is 0.338 e. The summed E-state index contributed by atoms with van der Waals surface area (Å²) in [6.07, 6.45) is 2.92. The molecule has 0 saturated carbocycles. The SMILES string of the molecule is O=C(c1ccnnc1)N1C[C@H]2CN(Cc3cccc(F)c3)C(=O)[C@H]2C1. The zero-order valence-corrected chi connectivity index (χ0v) is 13.5. The van der Waals surface area contributed by atoms with Crippen molar-refractivity contribution in [1.82, 2.24) is 20.0 Å². The smallest absolute Gasteiger partial charge is 0.255 e. The van der Waals surface area contributed by atoms with Gasteiger partial charge in [0.2, 0.25) is 5.91 Å². The minimum Gasteiger partial charge on any atom is -0.338 e. The lowest BCUT2D eigenvalue weighted by atomic mass is 10.0. The molecule has 0 aliphatic carbocycles. The van der Waals surface area contributed by atoms with Gasteiger partial charge < -0.3 is 9.80 Å². The van der Waals surface area contributed by atoms with E-state index in [-0.39, 0.29) is 29.5 Å². The van der Waals surface area contributed by atoms with Gasteiger partial charge in [-0.1, -0.05) is 12.1 Å². The van der Waals surface area contributed by atoms with Crippen LogP contribution in [0.2, 0.25) is 0 Å². The molecule has 6 nitrogen and oxygen atoms in total. The fourth-order valence-electron chi connectivity index (χ4n) is 3.71. The molecule has 0 radical (unpaired) electrons. The van der Waals surface area contributed by atoms with Crippen LogP contribution in [0.15, 0.2) is 42.7 Å². The van der Waals surface area contributed by atoms with Gasteiger partial charge in [-0.3, -0.25) is 9.59 Å². The van der Waals surface area contributed by atoms with Crippen LogP contribution in [0, 0.1) is 17.7 Å². The van der Waals surface area contributed by atoms with Crippen molar-refractivity contribution >= 4 is 11.8 Å². The third-order valence-electron chi connectivity index (χ3n) is 4.91. The number of aromatic nitrogens is 2. The number of hydrogen-bond acceptors (Lipinski definition) is 4. The van der Waals surface area contributed by atoms with Gasteiger partial charge in [0.25, 0.3) is 5.91 Å². The summed E-state index contributed by atoms with van der Waals surface area (Å²) in [5.74, 6) is -0.426. The number of likely N-dealkylation sites (tertiary alicyclic amines) is 2. The molecule has 1 aromatic heterocycles. The van der Waals surface area contributed by atoms with Gasteiger partial charge in [-0.05, 0) is 23.8 Å². The summed E-state index contributed by atoms with van der Waals surface area (Å²) in [6.45, 7) is 1.98. The number of halogens is 1. The van der Waals surface area contributed by atoms with Crippen molar-refractivity contribution in [2.75, 3.05) is 19.6 Å². The second-order valence-electron chi connectivity index (χ2n) is 6.56. The molecule has 4 rings (SSSR count). The Balaban J connectivity index is 1.42. The number of nitrogens with zero attached hydrogens (tertiary/aromatic N) is 4. The first kappa shape index (κ1) is 15.7. The Bertz CT molecular complexity index is 814. The summed E-state index contributed by atoms with van der Waals surface area (Å²) >= 11 is 0. The Kier molecular flexibility index (Phi) is 3.91. The van der Waals surface area contributed by atoms with Gasteiger partial charge in [-0.15, -0.1) is 0 Å².